The summed E-state index contributed by atoms with van der Waals surface area (Å²) in [4.78, 5) is 21.7. The van der Waals surface area contributed by atoms with Crippen LogP contribution in [0.1, 0.15) is 31.2 Å². The number of benzene rings is 1. The van der Waals surface area contributed by atoms with E-state index in [1.54, 1.807) is 12.5 Å². The van der Waals surface area contributed by atoms with E-state index in [1.807, 2.05) is 10.8 Å². The molecule has 6 heteroatoms. The number of hydrogen-bond donors (Lipinski definition) is 1. The van der Waals surface area contributed by atoms with Gasteiger partial charge in [0, 0.05) is 62.8 Å². The van der Waals surface area contributed by atoms with E-state index in [2.05, 4.69) is 51.4 Å². The highest BCUT2D eigenvalue weighted by Crippen LogP contribution is 2.28. The zero-order valence-electron chi connectivity index (χ0n) is 16.1. The maximum atomic E-state index is 13.1. The predicted molar refractivity (Wildman–Crippen MR) is 106 cm³/mol. The molecule has 2 atom stereocenters. The fourth-order valence-corrected chi connectivity index (χ4v) is 4.38. The normalized spacial score (nSPS) is 23.4. The van der Waals surface area contributed by atoms with Gasteiger partial charge in [0.1, 0.15) is 0 Å². The van der Waals surface area contributed by atoms with Crippen molar-refractivity contribution in [1.29, 1.82) is 0 Å². The Morgan fingerprint density at radius 3 is 2.93 bits per heavy atom. The number of anilines is 1. The molecule has 1 saturated heterocycles. The van der Waals surface area contributed by atoms with E-state index in [4.69, 9.17) is 0 Å². The Kier molecular flexibility index (Phi) is 5.43. The number of carbonyl (C=O) groups is 1. The van der Waals surface area contributed by atoms with Crippen LogP contribution in [0, 0.1) is 0 Å². The van der Waals surface area contributed by atoms with Crippen molar-refractivity contribution in [3.8, 4) is 0 Å². The minimum absolute atomic E-state index is 0.217. The third-order valence-electron chi connectivity index (χ3n) is 6.08. The number of nitrogens with one attached hydrogen (secondary N) is 1. The van der Waals surface area contributed by atoms with Gasteiger partial charge in [-0.1, -0.05) is 18.2 Å². The summed E-state index contributed by atoms with van der Waals surface area (Å²) in [5, 5.41) is 3.60. The molecule has 0 saturated carbocycles. The van der Waals surface area contributed by atoms with Crippen LogP contribution < -0.4 is 5.32 Å². The topological polar surface area (TPSA) is 53.4 Å². The highest BCUT2D eigenvalue weighted by atomic mass is 16.2. The number of amides is 1. The van der Waals surface area contributed by atoms with Crippen molar-refractivity contribution in [2.45, 2.75) is 50.9 Å². The molecule has 1 fully saturated rings. The molecule has 1 aromatic carbocycles. The third kappa shape index (κ3) is 4.16. The van der Waals surface area contributed by atoms with Crippen LogP contribution in [0.4, 0.5) is 5.69 Å². The van der Waals surface area contributed by atoms with Crippen LogP contribution in [-0.4, -0.2) is 57.5 Å². The molecule has 6 nitrogen and oxygen atoms in total. The Hall–Kier alpha value is -2.34. The number of carbonyl (C=O) groups excluding carboxylic acids is 1. The molecular formula is C21H29N5O. The summed E-state index contributed by atoms with van der Waals surface area (Å²) in [6, 6.07) is 9.46. The summed E-state index contributed by atoms with van der Waals surface area (Å²) in [5.41, 5.74) is 2.36. The molecule has 1 aromatic heterocycles. The maximum Gasteiger partial charge on any atom is 0.224 e. The minimum atomic E-state index is 0.217. The summed E-state index contributed by atoms with van der Waals surface area (Å²) in [6.07, 6.45) is 9.49. The van der Waals surface area contributed by atoms with Gasteiger partial charge < -0.3 is 14.8 Å². The molecule has 0 spiro atoms. The lowest BCUT2D eigenvalue weighted by Gasteiger charge is -2.31. The number of imidazole rings is 1. The van der Waals surface area contributed by atoms with E-state index in [9.17, 15) is 4.79 Å². The van der Waals surface area contributed by atoms with E-state index in [-0.39, 0.29) is 5.91 Å². The number of nitrogens with zero attached hydrogens (tertiary/aromatic N) is 4. The first-order valence-electron chi connectivity index (χ1n) is 9.98. The Morgan fingerprint density at radius 1 is 1.22 bits per heavy atom. The SMILES string of the molecule is CN1[C@@H]2CCNc3ccccc3CN(C(=O)CCn3ccnc3)C[C@H]1CC2. The fourth-order valence-electron chi connectivity index (χ4n) is 4.38. The highest BCUT2D eigenvalue weighted by molar-refractivity contribution is 5.76. The summed E-state index contributed by atoms with van der Waals surface area (Å²) in [7, 11) is 2.22. The molecule has 0 unspecified atom stereocenters. The van der Waals surface area contributed by atoms with Gasteiger partial charge >= 0.3 is 0 Å². The molecular weight excluding hydrogens is 338 g/mol. The number of fused-ring (bicyclic) bond motifs is 3. The summed E-state index contributed by atoms with van der Waals surface area (Å²) >= 11 is 0. The first-order valence-corrected chi connectivity index (χ1v) is 9.98. The summed E-state index contributed by atoms with van der Waals surface area (Å²) < 4.78 is 1.97. The Morgan fingerprint density at radius 2 is 2.07 bits per heavy atom. The highest BCUT2D eigenvalue weighted by Gasteiger charge is 2.32. The molecule has 3 heterocycles. The van der Waals surface area contributed by atoms with Gasteiger partial charge in [0.05, 0.1) is 6.33 Å². The molecule has 4 rings (SSSR count). The number of aryl methyl sites for hydroxylation is 1. The van der Waals surface area contributed by atoms with Crippen LogP contribution >= 0.6 is 0 Å². The molecule has 1 N–H and O–H groups in total. The van der Waals surface area contributed by atoms with E-state index in [0.717, 1.165) is 25.2 Å². The average Bonchev–Trinajstić information content (AvgIpc) is 3.30. The third-order valence-corrected chi connectivity index (χ3v) is 6.08. The van der Waals surface area contributed by atoms with Crippen LogP contribution in [0.25, 0.3) is 0 Å². The van der Waals surface area contributed by atoms with Crippen molar-refractivity contribution in [2.24, 2.45) is 0 Å². The van der Waals surface area contributed by atoms with Crippen molar-refractivity contribution in [3.05, 3.63) is 48.5 Å². The van der Waals surface area contributed by atoms with E-state index in [0.29, 0.717) is 31.6 Å². The van der Waals surface area contributed by atoms with Gasteiger partial charge in [0.15, 0.2) is 0 Å². The predicted octanol–water partition coefficient (Wildman–Crippen LogP) is 2.58. The van der Waals surface area contributed by atoms with Gasteiger partial charge in [-0.3, -0.25) is 9.69 Å². The molecule has 0 aliphatic carbocycles. The van der Waals surface area contributed by atoms with Crippen LogP contribution in [-0.2, 0) is 17.9 Å². The number of likely N-dealkylation sites (N-methyl/N-ethyl adjacent to an activating group) is 1. The lowest BCUT2D eigenvalue weighted by molar-refractivity contribution is -0.132. The standard InChI is InChI=1S/C21H29N5O/c1-24-18-6-7-19(24)15-26(21(27)9-12-25-13-11-22-16-25)14-17-4-2-3-5-20(17)23-10-8-18/h2-5,11,13,16,18-19,23H,6-10,12,14-15H2,1H3/t18-,19+/m0/s1. The summed E-state index contributed by atoms with van der Waals surface area (Å²) in [6.45, 7) is 3.14. The van der Waals surface area contributed by atoms with Gasteiger partial charge in [0.25, 0.3) is 0 Å². The first kappa shape index (κ1) is 18.0. The number of rotatable bonds is 3. The van der Waals surface area contributed by atoms with Crippen LogP contribution in [0.5, 0.6) is 0 Å². The molecule has 27 heavy (non-hydrogen) atoms. The first-order chi connectivity index (χ1) is 13.2. The second-order valence-electron chi connectivity index (χ2n) is 7.75. The zero-order valence-corrected chi connectivity index (χ0v) is 16.1. The van der Waals surface area contributed by atoms with Crippen LogP contribution in [0.3, 0.4) is 0 Å². The second-order valence-corrected chi connectivity index (χ2v) is 7.75. The average molecular weight is 367 g/mol. The van der Waals surface area contributed by atoms with Crippen LogP contribution in [0.15, 0.2) is 43.0 Å². The lowest BCUT2D eigenvalue weighted by atomic mass is 10.1. The molecule has 144 valence electrons. The number of aromatic nitrogens is 2. The monoisotopic (exact) mass is 367 g/mol. The van der Waals surface area contributed by atoms with Gasteiger partial charge in [0.2, 0.25) is 5.91 Å². The lowest BCUT2D eigenvalue weighted by Crippen LogP contribution is -2.43. The zero-order chi connectivity index (χ0) is 18.6. The quantitative estimate of drug-likeness (QED) is 0.906. The Bertz CT molecular complexity index is 760. The maximum absolute atomic E-state index is 13.1. The minimum Gasteiger partial charge on any atom is -0.385 e. The smallest absolute Gasteiger partial charge is 0.224 e. The molecule has 2 bridgehead atoms. The Labute approximate surface area is 161 Å². The van der Waals surface area contributed by atoms with Crippen molar-refractivity contribution in [1.82, 2.24) is 19.4 Å². The van der Waals surface area contributed by atoms with Crippen molar-refractivity contribution < 1.29 is 4.79 Å². The molecule has 1 amide bonds. The molecule has 2 aromatic rings. The molecule has 2 aliphatic heterocycles. The van der Waals surface area contributed by atoms with Gasteiger partial charge in [-0.25, -0.2) is 4.98 Å². The van der Waals surface area contributed by atoms with E-state index >= 15 is 0 Å². The van der Waals surface area contributed by atoms with Gasteiger partial charge in [-0.2, -0.15) is 0 Å². The molecule has 2 aliphatic rings. The van der Waals surface area contributed by atoms with Crippen molar-refractivity contribution in [2.75, 3.05) is 25.5 Å². The number of para-hydroxylation sites is 1. The van der Waals surface area contributed by atoms with Gasteiger partial charge in [-0.15, -0.1) is 0 Å². The van der Waals surface area contributed by atoms with Gasteiger partial charge in [-0.05, 0) is 37.9 Å². The van der Waals surface area contributed by atoms with Crippen molar-refractivity contribution >= 4 is 11.6 Å². The second kappa shape index (κ2) is 8.13. The fraction of sp³-hybridized carbons (Fsp3) is 0.524. The van der Waals surface area contributed by atoms with Crippen LogP contribution in [0.2, 0.25) is 0 Å². The summed E-state index contributed by atoms with van der Waals surface area (Å²) in [5.74, 6) is 0.217. The molecule has 0 radical (unpaired) electrons. The van der Waals surface area contributed by atoms with E-state index in [1.165, 1.54) is 18.4 Å². The number of hydrogen-bond acceptors (Lipinski definition) is 4. The largest absolute Gasteiger partial charge is 0.385 e. The Balaban J connectivity index is 1.54. The van der Waals surface area contributed by atoms with E-state index < -0.39 is 0 Å². The van der Waals surface area contributed by atoms with Crippen molar-refractivity contribution in [3.63, 3.8) is 0 Å².